The topological polar surface area (TPSA) is 57.0 Å². The Labute approximate surface area is 111 Å². The van der Waals surface area contributed by atoms with Gasteiger partial charge in [0.15, 0.2) is 10.9 Å². The third kappa shape index (κ3) is 2.39. The molecule has 0 N–H and O–H groups in total. The number of nitrogens with zero attached hydrogens (tertiary/aromatic N) is 3. The molecule has 2 rings (SSSR count). The highest BCUT2D eigenvalue weighted by molar-refractivity contribution is 7.15. The summed E-state index contributed by atoms with van der Waals surface area (Å²) in [6, 6.07) is 2.29. The molecule has 0 amide bonds. The van der Waals surface area contributed by atoms with Crippen LogP contribution in [0.5, 0.6) is 0 Å². The number of carbonyl (C=O) groups is 1. The highest BCUT2D eigenvalue weighted by Gasteiger charge is 2.26. The van der Waals surface area contributed by atoms with Gasteiger partial charge in [-0.1, -0.05) is 13.8 Å². The van der Waals surface area contributed by atoms with E-state index in [2.05, 4.69) is 16.0 Å². The third-order valence-corrected chi connectivity index (χ3v) is 4.22. The number of aromatic nitrogens is 1. The fourth-order valence-electron chi connectivity index (χ4n) is 2.06. The number of hydrogen-bond acceptors (Lipinski definition) is 5. The molecule has 1 atom stereocenters. The molecule has 0 bridgehead atoms. The Morgan fingerprint density at radius 1 is 1.61 bits per heavy atom. The summed E-state index contributed by atoms with van der Waals surface area (Å²) in [6.07, 6.45) is 0.891. The van der Waals surface area contributed by atoms with Crippen molar-refractivity contribution in [2.75, 3.05) is 18.0 Å². The molecule has 1 aliphatic heterocycles. The normalized spacial score (nSPS) is 19.3. The second-order valence-electron chi connectivity index (χ2n) is 4.98. The largest absolute Gasteiger partial charge is 0.347 e. The maximum Gasteiger partial charge on any atom is 0.186 e. The molecule has 0 aliphatic carbocycles. The molecule has 0 spiro atoms. The van der Waals surface area contributed by atoms with Gasteiger partial charge in [0.2, 0.25) is 0 Å². The molecule has 0 saturated carbocycles. The van der Waals surface area contributed by atoms with E-state index in [1.54, 1.807) is 11.3 Å². The minimum Gasteiger partial charge on any atom is -0.347 e. The second kappa shape index (κ2) is 5.07. The van der Waals surface area contributed by atoms with E-state index >= 15 is 0 Å². The molecule has 1 aromatic rings. The van der Waals surface area contributed by atoms with E-state index in [1.165, 1.54) is 0 Å². The highest BCUT2D eigenvalue weighted by Crippen LogP contribution is 2.30. The van der Waals surface area contributed by atoms with Crippen LogP contribution in [0.2, 0.25) is 0 Å². The first kappa shape index (κ1) is 13.0. The Bertz CT molecular complexity index is 501. The number of ketones is 1. The maximum absolute atomic E-state index is 12.0. The van der Waals surface area contributed by atoms with E-state index in [0.29, 0.717) is 5.69 Å². The van der Waals surface area contributed by atoms with Crippen LogP contribution in [0.4, 0.5) is 5.13 Å². The molecule has 0 aromatic carbocycles. The van der Waals surface area contributed by atoms with Gasteiger partial charge in [0, 0.05) is 23.9 Å². The van der Waals surface area contributed by atoms with E-state index in [9.17, 15) is 4.79 Å². The number of aryl methyl sites for hydroxylation is 1. The lowest BCUT2D eigenvalue weighted by Gasteiger charge is -2.12. The molecule has 1 aromatic heterocycles. The van der Waals surface area contributed by atoms with E-state index in [0.717, 1.165) is 29.5 Å². The van der Waals surface area contributed by atoms with Gasteiger partial charge in [0.1, 0.15) is 5.69 Å². The standard InChI is InChI=1S/C13H17N3OS/c1-8(2)12(17)11-9(3)18-13(15-11)16-5-4-10(6-14)7-16/h8,10H,4-5,7H2,1-3H3/t10-/m0/s1. The van der Waals surface area contributed by atoms with Crippen LogP contribution in [-0.2, 0) is 0 Å². The zero-order valence-electron chi connectivity index (χ0n) is 10.9. The first-order valence-corrected chi connectivity index (χ1v) is 7.00. The van der Waals surface area contributed by atoms with Crippen molar-refractivity contribution in [3.8, 4) is 6.07 Å². The summed E-state index contributed by atoms with van der Waals surface area (Å²) in [5.41, 5.74) is 0.602. The second-order valence-corrected chi connectivity index (χ2v) is 6.16. The molecule has 96 valence electrons. The summed E-state index contributed by atoms with van der Waals surface area (Å²) in [5, 5.41) is 9.79. The lowest BCUT2D eigenvalue weighted by atomic mass is 10.1. The Balaban J connectivity index is 2.20. The quantitative estimate of drug-likeness (QED) is 0.787. The van der Waals surface area contributed by atoms with Gasteiger partial charge >= 0.3 is 0 Å². The summed E-state index contributed by atoms with van der Waals surface area (Å²) in [4.78, 5) is 19.5. The fourth-order valence-corrected chi connectivity index (χ4v) is 3.01. The van der Waals surface area contributed by atoms with Crippen LogP contribution >= 0.6 is 11.3 Å². The predicted molar refractivity (Wildman–Crippen MR) is 72.0 cm³/mol. The van der Waals surface area contributed by atoms with Crippen molar-refractivity contribution < 1.29 is 4.79 Å². The zero-order valence-corrected chi connectivity index (χ0v) is 11.8. The number of Topliss-reactive ketones (excluding diaryl/α,β-unsaturated/α-hetero) is 1. The summed E-state index contributed by atoms with van der Waals surface area (Å²) in [7, 11) is 0. The number of hydrogen-bond donors (Lipinski definition) is 0. The van der Waals surface area contributed by atoms with Crippen LogP contribution in [0.25, 0.3) is 0 Å². The Morgan fingerprint density at radius 2 is 2.33 bits per heavy atom. The molecule has 1 fully saturated rings. The van der Waals surface area contributed by atoms with Crippen molar-refractivity contribution in [1.82, 2.24) is 4.98 Å². The molecular weight excluding hydrogens is 246 g/mol. The highest BCUT2D eigenvalue weighted by atomic mass is 32.1. The number of carbonyl (C=O) groups excluding carboxylic acids is 1. The average Bonchev–Trinajstić information content (AvgIpc) is 2.93. The first-order valence-electron chi connectivity index (χ1n) is 6.19. The van der Waals surface area contributed by atoms with Gasteiger partial charge in [0.25, 0.3) is 0 Å². The van der Waals surface area contributed by atoms with Gasteiger partial charge in [-0.05, 0) is 13.3 Å². The van der Waals surface area contributed by atoms with E-state index in [4.69, 9.17) is 5.26 Å². The van der Waals surface area contributed by atoms with Gasteiger partial charge in [-0.2, -0.15) is 5.26 Å². The predicted octanol–water partition coefficient (Wildman–Crippen LogP) is 2.64. The van der Waals surface area contributed by atoms with Crippen molar-refractivity contribution in [2.24, 2.45) is 11.8 Å². The molecule has 0 radical (unpaired) electrons. The van der Waals surface area contributed by atoms with Crippen LogP contribution in [0.15, 0.2) is 0 Å². The summed E-state index contributed by atoms with van der Waals surface area (Å²) in [6.45, 7) is 7.32. The van der Waals surface area contributed by atoms with Gasteiger partial charge in [-0.15, -0.1) is 11.3 Å². The Morgan fingerprint density at radius 3 is 2.89 bits per heavy atom. The number of rotatable bonds is 3. The molecular formula is C13H17N3OS. The summed E-state index contributed by atoms with van der Waals surface area (Å²) < 4.78 is 0. The number of nitriles is 1. The van der Waals surface area contributed by atoms with Crippen molar-refractivity contribution >= 4 is 22.3 Å². The van der Waals surface area contributed by atoms with Crippen LogP contribution < -0.4 is 4.90 Å². The molecule has 2 heterocycles. The maximum atomic E-state index is 12.0. The SMILES string of the molecule is Cc1sc(N2CC[C@@H](C#N)C2)nc1C(=O)C(C)C. The van der Waals surface area contributed by atoms with Crippen LogP contribution in [-0.4, -0.2) is 23.9 Å². The molecule has 1 aliphatic rings. The van der Waals surface area contributed by atoms with Crippen molar-refractivity contribution in [1.29, 1.82) is 5.26 Å². The molecule has 4 nitrogen and oxygen atoms in total. The van der Waals surface area contributed by atoms with Gasteiger partial charge in [-0.25, -0.2) is 4.98 Å². The minimum atomic E-state index is -0.0240. The lowest BCUT2D eigenvalue weighted by molar-refractivity contribution is 0.0934. The van der Waals surface area contributed by atoms with Crippen molar-refractivity contribution in [2.45, 2.75) is 27.2 Å². The monoisotopic (exact) mass is 263 g/mol. The van der Waals surface area contributed by atoms with Gasteiger partial charge in [-0.3, -0.25) is 4.79 Å². The number of thiazole rings is 1. The van der Waals surface area contributed by atoms with E-state index in [-0.39, 0.29) is 17.6 Å². The van der Waals surface area contributed by atoms with Crippen molar-refractivity contribution in [3.05, 3.63) is 10.6 Å². The van der Waals surface area contributed by atoms with Crippen LogP contribution in [0.3, 0.4) is 0 Å². The number of anilines is 1. The average molecular weight is 263 g/mol. The molecule has 0 unspecified atom stereocenters. The molecule has 18 heavy (non-hydrogen) atoms. The smallest absolute Gasteiger partial charge is 0.186 e. The van der Waals surface area contributed by atoms with Crippen LogP contribution in [0, 0.1) is 30.1 Å². The molecule has 1 saturated heterocycles. The Kier molecular flexibility index (Phi) is 3.67. The minimum absolute atomic E-state index is 0.0240. The van der Waals surface area contributed by atoms with Gasteiger partial charge < -0.3 is 4.90 Å². The first-order chi connectivity index (χ1) is 8.52. The van der Waals surface area contributed by atoms with E-state index in [1.807, 2.05) is 20.8 Å². The lowest BCUT2D eigenvalue weighted by Crippen LogP contribution is -2.19. The molecule has 5 heteroatoms. The van der Waals surface area contributed by atoms with Crippen molar-refractivity contribution in [3.63, 3.8) is 0 Å². The van der Waals surface area contributed by atoms with Gasteiger partial charge in [0.05, 0.1) is 12.0 Å². The summed E-state index contributed by atoms with van der Waals surface area (Å²) in [5.74, 6) is 0.175. The van der Waals surface area contributed by atoms with E-state index < -0.39 is 0 Å². The zero-order chi connectivity index (χ0) is 13.3. The third-order valence-electron chi connectivity index (χ3n) is 3.18. The summed E-state index contributed by atoms with van der Waals surface area (Å²) >= 11 is 1.55. The fraction of sp³-hybridized carbons (Fsp3) is 0.615. The Hall–Kier alpha value is -1.41. The van der Waals surface area contributed by atoms with Crippen LogP contribution in [0.1, 0.15) is 35.6 Å².